The van der Waals surface area contributed by atoms with Crippen molar-refractivity contribution in [1.29, 1.82) is 0 Å². The van der Waals surface area contributed by atoms with Crippen molar-refractivity contribution < 1.29 is 4.79 Å². The lowest BCUT2D eigenvalue weighted by atomic mass is 10.1. The van der Waals surface area contributed by atoms with Crippen LogP contribution in [0.2, 0.25) is 0 Å². The summed E-state index contributed by atoms with van der Waals surface area (Å²) in [5, 5.41) is 3.98. The maximum atomic E-state index is 11.1. The second kappa shape index (κ2) is 6.72. The first kappa shape index (κ1) is 14.7. The number of amides is 1. The van der Waals surface area contributed by atoms with Crippen LogP contribution in [0.3, 0.4) is 0 Å². The Morgan fingerprint density at radius 3 is 2.68 bits per heavy atom. The summed E-state index contributed by atoms with van der Waals surface area (Å²) >= 11 is 3.25. The van der Waals surface area contributed by atoms with Crippen LogP contribution >= 0.6 is 23.1 Å². The minimum atomic E-state index is -0.418. The van der Waals surface area contributed by atoms with Crippen LogP contribution < -0.4 is 5.73 Å². The molecule has 0 radical (unpaired) electrons. The second-order valence-electron chi connectivity index (χ2n) is 4.54. The van der Waals surface area contributed by atoms with E-state index in [-0.39, 0.29) is 0 Å². The van der Waals surface area contributed by atoms with Gasteiger partial charge < -0.3 is 5.73 Å². The number of carbonyl (C=O) groups excluding carboxylic acids is 1. The van der Waals surface area contributed by atoms with Gasteiger partial charge in [0.05, 0.1) is 10.7 Å². The first-order valence-corrected chi connectivity index (χ1v) is 8.47. The molecule has 1 aromatic carbocycles. The molecule has 0 fully saturated rings. The first-order valence-electron chi connectivity index (χ1n) is 6.61. The van der Waals surface area contributed by atoms with Gasteiger partial charge in [0.2, 0.25) is 5.91 Å². The van der Waals surface area contributed by atoms with Crippen molar-refractivity contribution in [3.05, 3.63) is 65.3 Å². The molecule has 0 atom stereocenters. The van der Waals surface area contributed by atoms with Crippen LogP contribution in [-0.2, 0) is 5.75 Å². The summed E-state index contributed by atoms with van der Waals surface area (Å²) in [5.41, 5.74) is 7.76. The normalized spacial score (nSPS) is 10.5. The Balaban J connectivity index is 1.69. The fraction of sp³-hybridized carbons (Fsp3) is 0.0625. The van der Waals surface area contributed by atoms with E-state index in [4.69, 9.17) is 5.73 Å². The Morgan fingerprint density at radius 1 is 1.18 bits per heavy atom. The van der Waals surface area contributed by atoms with E-state index in [9.17, 15) is 4.79 Å². The van der Waals surface area contributed by atoms with E-state index < -0.39 is 5.91 Å². The van der Waals surface area contributed by atoms with Gasteiger partial charge in [-0.2, -0.15) is 0 Å². The van der Waals surface area contributed by atoms with Gasteiger partial charge in [-0.05, 0) is 24.3 Å². The number of hydrogen-bond donors (Lipinski definition) is 1. The van der Waals surface area contributed by atoms with E-state index in [1.165, 1.54) is 0 Å². The summed E-state index contributed by atoms with van der Waals surface area (Å²) in [6.45, 7) is 0. The van der Waals surface area contributed by atoms with Crippen LogP contribution in [0.15, 0.2) is 59.1 Å². The number of pyridine rings is 1. The monoisotopic (exact) mass is 327 g/mol. The van der Waals surface area contributed by atoms with E-state index in [1.54, 1.807) is 41.4 Å². The average molecular weight is 327 g/mol. The van der Waals surface area contributed by atoms with Gasteiger partial charge in [-0.3, -0.25) is 4.79 Å². The van der Waals surface area contributed by atoms with Gasteiger partial charge in [0.25, 0.3) is 0 Å². The van der Waals surface area contributed by atoms with E-state index in [1.807, 2.05) is 35.7 Å². The van der Waals surface area contributed by atoms with E-state index in [0.29, 0.717) is 5.56 Å². The minimum Gasteiger partial charge on any atom is -0.366 e. The first-order chi connectivity index (χ1) is 10.7. The van der Waals surface area contributed by atoms with Crippen LogP contribution in [0.4, 0.5) is 0 Å². The van der Waals surface area contributed by atoms with Gasteiger partial charge >= 0.3 is 0 Å². The van der Waals surface area contributed by atoms with Gasteiger partial charge in [-0.1, -0.05) is 18.2 Å². The van der Waals surface area contributed by atoms with Gasteiger partial charge in [-0.15, -0.1) is 23.1 Å². The summed E-state index contributed by atoms with van der Waals surface area (Å²) in [6, 6.07) is 13.1. The lowest BCUT2D eigenvalue weighted by molar-refractivity contribution is 0.100. The second-order valence-corrected chi connectivity index (χ2v) is 6.40. The fourth-order valence-corrected chi connectivity index (χ4v) is 3.55. The Morgan fingerprint density at radius 2 is 2.00 bits per heavy atom. The van der Waals surface area contributed by atoms with E-state index >= 15 is 0 Å². The average Bonchev–Trinajstić information content (AvgIpc) is 3.03. The summed E-state index contributed by atoms with van der Waals surface area (Å²) < 4.78 is 0. The summed E-state index contributed by atoms with van der Waals surface area (Å²) in [7, 11) is 0. The molecule has 0 saturated heterocycles. The molecule has 0 aliphatic carbocycles. The molecule has 0 unspecified atom stereocenters. The number of hydrogen-bond acceptors (Lipinski definition) is 5. The molecule has 3 rings (SSSR count). The summed E-state index contributed by atoms with van der Waals surface area (Å²) in [4.78, 5) is 20.0. The zero-order valence-corrected chi connectivity index (χ0v) is 13.2. The minimum absolute atomic E-state index is 0.418. The van der Waals surface area contributed by atoms with Gasteiger partial charge in [0, 0.05) is 28.5 Å². The molecule has 22 heavy (non-hydrogen) atoms. The highest BCUT2D eigenvalue weighted by Gasteiger charge is 2.07. The molecule has 0 bridgehead atoms. The third kappa shape index (κ3) is 3.52. The summed E-state index contributed by atoms with van der Waals surface area (Å²) in [6.07, 6.45) is 1.79. The van der Waals surface area contributed by atoms with Crippen LogP contribution in [0.1, 0.15) is 16.1 Å². The Kier molecular flexibility index (Phi) is 4.50. The van der Waals surface area contributed by atoms with Crippen molar-refractivity contribution in [2.45, 2.75) is 10.8 Å². The van der Waals surface area contributed by atoms with Crippen LogP contribution in [0, 0.1) is 0 Å². The highest BCUT2D eigenvalue weighted by atomic mass is 32.2. The Labute approximate surface area is 136 Å². The lowest BCUT2D eigenvalue weighted by Crippen LogP contribution is -2.10. The van der Waals surface area contributed by atoms with Crippen LogP contribution in [0.5, 0.6) is 0 Å². The molecule has 4 nitrogen and oxygen atoms in total. The highest BCUT2D eigenvalue weighted by Crippen LogP contribution is 2.27. The summed E-state index contributed by atoms with van der Waals surface area (Å²) in [5.74, 6) is 0.366. The van der Waals surface area contributed by atoms with Crippen LogP contribution in [0.25, 0.3) is 10.6 Å². The third-order valence-corrected chi connectivity index (χ3v) is 4.89. The standard InChI is InChI=1S/C16H13N3OS2/c17-15(20)11-4-6-12(7-5-11)16-19-13(10-22-16)9-21-14-3-1-2-8-18-14/h1-8,10H,9H2,(H2,17,20). The number of nitrogens with zero attached hydrogens (tertiary/aromatic N) is 2. The van der Waals surface area contributed by atoms with E-state index in [0.717, 1.165) is 27.0 Å². The Hall–Kier alpha value is -2.18. The van der Waals surface area contributed by atoms with Crippen molar-refractivity contribution in [3.63, 3.8) is 0 Å². The predicted molar refractivity (Wildman–Crippen MR) is 89.9 cm³/mol. The van der Waals surface area contributed by atoms with Gasteiger partial charge in [0.1, 0.15) is 5.01 Å². The smallest absolute Gasteiger partial charge is 0.248 e. The maximum absolute atomic E-state index is 11.1. The van der Waals surface area contributed by atoms with Crippen molar-refractivity contribution in [3.8, 4) is 10.6 Å². The van der Waals surface area contributed by atoms with Crippen molar-refractivity contribution in [2.24, 2.45) is 5.73 Å². The molecule has 0 aliphatic rings. The number of carbonyl (C=O) groups is 1. The molecule has 0 aliphatic heterocycles. The largest absolute Gasteiger partial charge is 0.366 e. The molecule has 2 aromatic heterocycles. The number of aromatic nitrogens is 2. The SMILES string of the molecule is NC(=O)c1ccc(-c2nc(CSc3ccccn3)cs2)cc1. The molecule has 0 saturated carbocycles. The molecule has 110 valence electrons. The molecule has 2 heterocycles. The topological polar surface area (TPSA) is 68.9 Å². The number of nitrogens with two attached hydrogens (primary N) is 1. The number of thiazole rings is 1. The molecular formula is C16H13N3OS2. The Bertz CT molecular complexity index is 770. The molecule has 2 N–H and O–H groups in total. The van der Waals surface area contributed by atoms with Crippen LogP contribution in [-0.4, -0.2) is 15.9 Å². The third-order valence-electron chi connectivity index (χ3n) is 2.97. The fourth-order valence-electron chi connectivity index (χ4n) is 1.86. The van der Waals surface area contributed by atoms with Crippen molar-refractivity contribution in [2.75, 3.05) is 0 Å². The molecule has 6 heteroatoms. The molecule has 0 spiro atoms. The quantitative estimate of drug-likeness (QED) is 0.727. The van der Waals surface area contributed by atoms with Crippen molar-refractivity contribution >= 4 is 29.0 Å². The lowest BCUT2D eigenvalue weighted by Gasteiger charge is -1.99. The number of benzene rings is 1. The van der Waals surface area contributed by atoms with Crippen molar-refractivity contribution in [1.82, 2.24) is 9.97 Å². The zero-order chi connectivity index (χ0) is 15.4. The van der Waals surface area contributed by atoms with Gasteiger partial charge in [-0.25, -0.2) is 9.97 Å². The molecule has 3 aromatic rings. The van der Waals surface area contributed by atoms with Gasteiger partial charge in [0.15, 0.2) is 0 Å². The highest BCUT2D eigenvalue weighted by molar-refractivity contribution is 7.98. The molecule has 1 amide bonds. The predicted octanol–water partition coefficient (Wildman–Crippen LogP) is 3.60. The van der Waals surface area contributed by atoms with E-state index in [2.05, 4.69) is 9.97 Å². The number of rotatable bonds is 5. The number of primary amides is 1. The zero-order valence-electron chi connectivity index (χ0n) is 11.6. The number of thioether (sulfide) groups is 1. The maximum Gasteiger partial charge on any atom is 0.248 e. The molecular weight excluding hydrogens is 314 g/mol.